The van der Waals surface area contributed by atoms with Crippen LogP contribution < -0.4 is 0 Å². The van der Waals surface area contributed by atoms with E-state index < -0.39 is 0 Å². The summed E-state index contributed by atoms with van der Waals surface area (Å²) in [4.78, 5) is 20.2. The molecule has 0 aliphatic carbocycles. The maximum absolute atomic E-state index is 13.6. The minimum Gasteiger partial charge on any atom is -0.366 e. The highest BCUT2D eigenvalue weighted by Crippen LogP contribution is 2.30. The van der Waals surface area contributed by atoms with Crippen LogP contribution in [0.3, 0.4) is 0 Å². The quantitative estimate of drug-likeness (QED) is 0.678. The van der Waals surface area contributed by atoms with Crippen LogP contribution in [-0.2, 0) is 4.74 Å². The highest BCUT2D eigenvalue weighted by molar-refractivity contribution is 6.01. The number of rotatable bonds is 3. The van der Waals surface area contributed by atoms with Gasteiger partial charge in [0.2, 0.25) is 0 Å². The second-order valence-corrected chi connectivity index (χ2v) is 8.26. The van der Waals surface area contributed by atoms with Gasteiger partial charge in [0.1, 0.15) is 11.7 Å². The average molecular weight is 393 g/mol. The Morgan fingerprint density at radius 3 is 2.55 bits per heavy atom. The molecule has 0 N–H and O–H groups in total. The number of hydrogen-bond acceptors (Lipinski definition) is 4. The fourth-order valence-corrected chi connectivity index (χ4v) is 4.01. The minimum atomic E-state index is -0.139. The van der Waals surface area contributed by atoms with Crippen LogP contribution >= 0.6 is 0 Å². The zero-order valence-electron chi connectivity index (χ0n) is 17.7. The Morgan fingerprint density at radius 2 is 1.86 bits per heavy atom. The van der Waals surface area contributed by atoms with E-state index >= 15 is 0 Å². The lowest BCUT2D eigenvalue weighted by Crippen LogP contribution is -2.48. The van der Waals surface area contributed by atoms with Gasteiger partial charge in [0, 0.05) is 17.9 Å². The molecule has 1 amide bonds. The molecular weight excluding hydrogens is 364 g/mol. The van der Waals surface area contributed by atoms with Crippen molar-refractivity contribution in [3.05, 3.63) is 64.6 Å². The predicted molar refractivity (Wildman–Crippen MR) is 112 cm³/mol. The predicted octanol–water partition coefficient (Wildman–Crippen LogP) is 3.89. The third-order valence-corrected chi connectivity index (χ3v) is 5.61. The third kappa shape index (κ3) is 3.65. The van der Waals surface area contributed by atoms with E-state index in [-0.39, 0.29) is 18.1 Å². The van der Waals surface area contributed by atoms with Crippen molar-refractivity contribution in [3.8, 4) is 0 Å². The normalized spacial score (nSPS) is 19.9. The van der Waals surface area contributed by atoms with E-state index in [2.05, 4.69) is 36.1 Å². The van der Waals surface area contributed by atoms with Gasteiger partial charge in [-0.2, -0.15) is 5.10 Å². The molecule has 4 rings (SSSR count). The fourth-order valence-electron chi connectivity index (χ4n) is 4.01. The molecule has 0 radical (unpaired) electrons. The first-order chi connectivity index (χ1) is 13.8. The molecule has 1 aliphatic heterocycles. The Labute approximate surface area is 171 Å². The average Bonchev–Trinajstić information content (AvgIpc) is 3.04. The van der Waals surface area contributed by atoms with E-state index in [1.54, 1.807) is 4.52 Å². The number of morpholine rings is 1. The number of amides is 1. The van der Waals surface area contributed by atoms with Gasteiger partial charge in [-0.3, -0.25) is 4.79 Å². The van der Waals surface area contributed by atoms with Gasteiger partial charge in [-0.1, -0.05) is 44.2 Å². The number of ether oxygens (including phenoxy) is 1. The number of fused-ring (bicyclic) bond motifs is 1. The Hall–Kier alpha value is -2.73. The van der Waals surface area contributed by atoms with Crippen molar-refractivity contribution in [1.82, 2.24) is 19.5 Å². The standard InChI is InChI=1S/C23H28N4O2/c1-14(2)19-12-26(13-20(29-19)18-9-7-6-8-10-18)23(28)21-17(5)25-27-16(4)11-15(3)24-22(21)27/h6-11,14,19-20H,12-13H2,1-5H3/t19-,20+/m1/s1. The monoisotopic (exact) mass is 392 g/mol. The zero-order valence-corrected chi connectivity index (χ0v) is 17.7. The molecule has 0 spiro atoms. The van der Waals surface area contributed by atoms with Crippen molar-refractivity contribution in [2.45, 2.75) is 46.8 Å². The number of carbonyl (C=O) groups excluding carboxylic acids is 1. The molecule has 3 heterocycles. The highest BCUT2D eigenvalue weighted by atomic mass is 16.5. The molecule has 1 aliphatic rings. The van der Waals surface area contributed by atoms with Crippen LogP contribution in [0, 0.1) is 26.7 Å². The second-order valence-electron chi connectivity index (χ2n) is 8.26. The van der Waals surface area contributed by atoms with Crippen LogP contribution in [0.2, 0.25) is 0 Å². The topological polar surface area (TPSA) is 59.7 Å². The van der Waals surface area contributed by atoms with Crippen molar-refractivity contribution < 1.29 is 9.53 Å². The van der Waals surface area contributed by atoms with Crippen LogP contribution in [0.4, 0.5) is 0 Å². The van der Waals surface area contributed by atoms with E-state index in [9.17, 15) is 4.79 Å². The number of carbonyl (C=O) groups is 1. The Balaban J connectivity index is 1.72. The van der Waals surface area contributed by atoms with Gasteiger partial charge in [-0.05, 0) is 38.3 Å². The SMILES string of the molecule is Cc1cc(C)n2nc(C)c(C(=O)N3C[C@@H](c4ccccc4)O[C@@H](C(C)C)C3)c2n1. The second kappa shape index (κ2) is 7.59. The van der Waals surface area contributed by atoms with Crippen molar-refractivity contribution in [2.75, 3.05) is 13.1 Å². The molecule has 1 fully saturated rings. The van der Waals surface area contributed by atoms with E-state index in [0.29, 0.717) is 35.9 Å². The molecule has 3 aromatic rings. The van der Waals surface area contributed by atoms with Crippen LogP contribution in [-0.4, -0.2) is 44.6 Å². The van der Waals surface area contributed by atoms with Crippen molar-refractivity contribution in [1.29, 1.82) is 0 Å². The first-order valence-corrected chi connectivity index (χ1v) is 10.2. The van der Waals surface area contributed by atoms with Crippen LogP contribution in [0.1, 0.15) is 53.0 Å². The van der Waals surface area contributed by atoms with Crippen molar-refractivity contribution >= 4 is 11.6 Å². The largest absolute Gasteiger partial charge is 0.366 e. The molecule has 6 heteroatoms. The summed E-state index contributed by atoms with van der Waals surface area (Å²) < 4.78 is 8.13. The lowest BCUT2D eigenvalue weighted by atomic mass is 10.0. The summed E-state index contributed by atoms with van der Waals surface area (Å²) in [6, 6.07) is 12.1. The zero-order chi connectivity index (χ0) is 20.7. The number of aryl methyl sites for hydroxylation is 3. The lowest BCUT2D eigenvalue weighted by Gasteiger charge is -2.40. The summed E-state index contributed by atoms with van der Waals surface area (Å²) in [5, 5.41) is 4.58. The lowest BCUT2D eigenvalue weighted by molar-refractivity contribution is -0.0954. The first-order valence-electron chi connectivity index (χ1n) is 10.2. The van der Waals surface area contributed by atoms with Gasteiger partial charge in [0.25, 0.3) is 5.91 Å². The van der Waals surface area contributed by atoms with Crippen molar-refractivity contribution in [3.63, 3.8) is 0 Å². The van der Waals surface area contributed by atoms with Crippen LogP contribution in [0.15, 0.2) is 36.4 Å². The Bertz CT molecular complexity index is 1040. The molecule has 1 saturated heterocycles. The van der Waals surface area contributed by atoms with Gasteiger partial charge in [-0.25, -0.2) is 9.50 Å². The van der Waals surface area contributed by atoms with Crippen LogP contribution in [0.5, 0.6) is 0 Å². The minimum absolute atomic E-state index is 0.0171. The Morgan fingerprint density at radius 1 is 1.14 bits per heavy atom. The van der Waals surface area contributed by atoms with E-state index in [1.807, 2.05) is 49.9 Å². The van der Waals surface area contributed by atoms with Gasteiger partial charge < -0.3 is 9.64 Å². The summed E-state index contributed by atoms with van der Waals surface area (Å²) in [6.07, 6.45) is -0.156. The van der Waals surface area contributed by atoms with Gasteiger partial charge in [-0.15, -0.1) is 0 Å². The molecular formula is C23H28N4O2. The third-order valence-electron chi connectivity index (χ3n) is 5.61. The molecule has 2 aromatic heterocycles. The fraction of sp³-hybridized carbons (Fsp3) is 0.435. The van der Waals surface area contributed by atoms with Gasteiger partial charge in [0.05, 0.1) is 18.3 Å². The Kier molecular flexibility index (Phi) is 5.13. The summed E-state index contributed by atoms with van der Waals surface area (Å²) >= 11 is 0. The van der Waals surface area contributed by atoms with Gasteiger partial charge in [0.15, 0.2) is 5.65 Å². The molecule has 152 valence electrons. The molecule has 2 atom stereocenters. The maximum Gasteiger partial charge on any atom is 0.259 e. The number of hydrogen-bond donors (Lipinski definition) is 0. The molecule has 6 nitrogen and oxygen atoms in total. The maximum atomic E-state index is 13.6. The molecule has 1 aromatic carbocycles. The molecule has 0 saturated carbocycles. The van der Waals surface area contributed by atoms with Crippen molar-refractivity contribution in [2.24, 2.45) is 5.92 Å². The smallest absolute Gasteiger partial charge is 0.259 e. The summed E-state index contributed by atoms with van der Waals surface area (Å²) in [5.41, 5.74) is 4.88. The number of nitrogens with zero attached hydrogens (tertiary/aromatic N) is 4. The van der Waals surface area contributed by atoms with Gasteiger partial charge >= 0.3 is 0 Å². The van der Waals surface area contributed by atoms with E-state index in [0.717, 1.165) is 17.0 Å². The summed E-state index contributed by atoms with van der Waals surface area (Å²) in [7, 11) is 0. The van der Waals surface area contributed by atoms with Crippen LogP contribution in [0.25, 0.3) is 5.65 Å². The summed E-state index contributed by atoms with van der Waals surface area (Å²) in [5.74, 6) is 0.286. The first kappa shape index (κ1) is 19.6. The molecule has 29 heavy (non-hydrogen) atoms. The highest BCUT2D eigenvalue weighted by Gasteiger charge is 2.35. The van der Waals surface area contributed by atoms with E-state index in [4.69, 9.17) is 4.74 Å². The number of aromatic nitrogens is 3. The molecule has 0 unspecified atom stereocenters. The number of benzene rings is 1. The molecule has 0 bridgehead atoms. The summed E-state index contributed by atoms with van der Waals surface area (Å²) in [6.45, 7) is 11.2. The van der Waals surface area contributed by atoms with E-state index in [1.165, 1.54) is 0 Å².